The van der Waals surface area contributed by atoms with Crippen molar-refractivity contribution >= 4 is 11.9 Å². The zero-order valence-corrected chi connectivity index (χ0v) is 27.1. The predicted octanol–water partition coefficient (Wildman–Crippen LogP) is 7.62. The minimum absolute atomic E-state index is 0.311. The lowest BCUT2D eigenvalue weighted by Gasteiger charge is -2.36. The molecule has 0 heterocycles. The van der Waals surface area contributed by atoms with Crippen LogP contribution in [0, 0.1) is 0 Å². The number of ether oxygens (including phenoxy) is 2. The first kappa shape index (κ1) is 38.3. The lowest BCUT2D eigenvalue weighted by atomic mass is 10.1. The van der Waals surface area contributed by atoms with Crippen molar-refractivity contribution in [2.24, 2.45) is 0 Å². The van der Waals surface area contributed by atoms with E-state index in [0.29, 0.717) is 13.2 Å². The Labute approximate surface area is 248 Å². The summed E-state index contributed by atoms with van der Waals surface area (Å²) in [5, 5.41) is 0. The third kappa shape index (κ3) is 26.6. The van der Waals surface area contributed by atoms with Gasteiger partial charge in [-0.3, -0.25) is 0 Å². The Kier molecular flexibility index (Phi) is 24.0. The van der Waals surface area contributed by atoms with Crippen LogP contribution in [0.1, 0.15) is 116 Å². The van der Waals surface area contributed by atoms with Crippen LogP contribution in [-0.2, 0) is 19.1 Å². The molecular formula is C34H66N2O4+2. The Balaban J connectivity index is 3.60. The molecule has 0 amide bonds. The molecule has 0 N–H and O–H groups in total. The van der Waals surface area contributed by atoms with E-state index in [4.69, 9.17) is 9.47 Å². The molecule has 6 nitrogen and oxygen atoms in total. The summed E-state index contributed by atoms with van der Waals surface area (Å²) < 4.78 is 12.3. The van der Waals surface area contributed by atoms with Gasteiger partial charge in [-0.1, -0.05) is 90.2 Å². The van der Waals surface area contributed by atoms with Gasteiger partial charge < -0.3 is 18.4 Å². The van der Waals surface area contributed by atoms with Crippen molar-refractivity contribution in [1.82, 2.24) is 0 Å². The fourth-order valence-corrected chi connectivity index (χ4v) is 4.99. The van der Waals surface area contributed by atoms with Crippen LogP contribution in [0.4, 0.5) is 0 Å². The summed E-state index contributed by atoms with van der Waals surface area (Å²) in [5.41, 5.74) is 0. The van der Waals surface area contributed by atoms with E-state index in [2.05, 4.69) is 41.3 Å². The molecule has 234 valence electrons. The van der Waals surface area contributed by atoms with E-state index in [1.165, 1.54) is 128 Å². The molecule has 0 atom stereocenters. The second kappa shape index (κ2) is 25.1. The molecule has 0 saturated carbocycles. The van der Waals surface area contributed by atoms with Crippen molar-refractivity contribution in [3.05, 3.63) is 25.3 Å². The molecule has 6 heteroatoms. The lowest BCUT2D eigenvalue weighted by Crippen LogP contribution is -2.51. The molecule has 0 aromatic heterocycles. The van der Waals surface area contributed by atoms with Crippen LogP contribution in [-0.4, -0.2) is 88.5 Å². The second-order valence-electron chi connectivity index (χ2n) is 12.9. The lowest BCUT2D eigenvalue weighted by molar-refractivity contribution is -0.946. The summed E-state index contributed by atoms with van der Waals surface area (Å²) in [6, 6.07) is 0. The van der Waals surface area contributed by atoms with E-state index in [1.54, 1.807) is 0 Å². The standard InChI is InChI=1S/C34H66N2O4/c1-7-33(37)39-31-25-21-17-13-9-11-15-19-23-27-35(3,4)29-30-36(5,6)28-24-20-16-12-10-14-18-22-26-32-40-34(38)8-2/h7-8H,1-2,9-32H2,3-6H3/q+2. The summed E-state index contributed by atoms with van der Waals surface area (Å²) in [6.45, 7) is 12.9. The quantitative estimate of drug-likeness (QED) is 0.0404. The largest absolute Gasteiger partial charge is 0.463 e. The SMILES string of the molecule is C=CC(=O)OCCCCCCCCCCC[N+](C)(C)CC[N+](C)(C)CCCCCCCCCCCOC(=O)C=C. The minimum atomic E-state index is -0.311. The molecule has 0 fully saturated rings. The molecule has 0 saturated heterocycles. The minimum Gasteiger partial charge on any atom is -0.463 e. The van der Waals surface area contributed by atoms with Crippen LogP contribution >= 0.6 is 0 Å². The predicted molar refractivity (Wildman–Crippen MR) is 169 cm³/mol. The van der Waals surface area contributed by atoms with Crippen molar-refractivity contribution < 1.29 is 28.0 Å². The molecule has 0 aromatic carbocycles. The van der Waals surface area contributed by atoms with Crippen LogP contribution in [0.5, 0.6) is 0 Å². The van der Waals surface area contributed by atoms with E-state index in [-0.39, 0.29) is 11.9 Å². The Morgan fingerprint density at radius 3 is 0.975 bits per heavy atom. The molecule has 0 aliphatic rings. The van der Waals surface area contributed by atoms with Crippen molar-refractivity contribution in [1.29, 1.82) is 0 Å². The van der Waals surface area contributed by atoms with E-state index in [1.807, 2.05) is 0 Å². The van der Waals surface area contributed by atoms with Gasteiger partial charge in [0.1, 0.15) is 13.1 Å². The highest BCUT2D eigenvalue weighted by Gasteiger charge is 2.22. The van der Waals surface area contributed by atoms with Gasteiger partial charge >= 0.3 is 11.9 Å². The second-order valence-corrected chi connectivity index (χ2v) is 12.9. The van der Waals surface area contributed by atoms with Gasteiger partial charge in [0.2, 0.25) is 0 Å². The number of hydrogen-bond acceptors (Lipinski definition) is 4. The Morgan fingerprint density at radius 2 is 0.700 bits per heavy atom. The van der Waals surface area contributed by atoms with Crippen molar-refractivity contribution in [3.63, 3.8) is 0 Å². The molecule has 0 radical (unpaired) electrons. The van der Waals surface area contributed by atoms with Crippen molar-refractivity contribution in [3.8, 4) is 0 Å². The highest BCUT2D eigenvalue weighted by molar-refractivity contribution is 5.81. The molecule has 0 aliphatic heterocycles. The number of carbonyl (C=O) groups excluding carboxylic acids is 2. The van der Waals surface area contributed by atoms with Crippen LogP contribution < -0.4 is 0 Å². The van der Waals surface area contributed by atoms with Crippen LogP contribution in [0.25, 0.3) is 0 Å². The number of esters is 2. The number of quaternary nitrogens is 2. The molecule has 0 aromatic rings. The van der Waals surface area contributed by atoms with E-state index >= 15 is 0 Å². The summed E-state index contributed by atoms with van der Waals surface area (Å²) in [5.74, 6) is -0.622. The average molecular weight is 567 g/mol. The van der Waals surface area contributed by atoms with E-state index < -0.39 is 0 Å². The molecule has 0 aliphatic carbocycles. The Hall–Kier alpha value is -1.66. The first-order chi connectivity index (χ1) is 19.1. The summed E-state index contributed by atoms with van der Waals surface area (Å²) in [4.78, 5) is 22.0. The number of hydrogen-bond donors (Lipinski definition) is 0. The summed E-state index contributed by atoms with van der Waals surface area (Å²) >= 11 is 0. The topological polar surface area (TPSA) is 52.6 Å². The van der Waals surface area contributed by atoms with Gasteiger partial charge in [0.15, 0.2) is 0 Å². The number of rotatable bonds is 29. The van der Waals surface area contributed by atoms with Crippen LogP contribution in [0.3, 0.4) is 0 Å². The number of nitrogens with zero attached hydrogens (tertiary/aromatic N) is 2. The first-order valence-corrected chi connectivity index (χ1v) is 16.3. The fourth-order valence-electron chi connectivity index (χ4n) is 4.99. The zero-order valence-electron chi connectivity index (χ0n) is 27.1. The number of carbonyl (C=O) groups is 2. The van der Waals surface area contributed by atoms with Gasteiger partial charge in [-0.15, -0.1) is 0 Å². The van der Waals surface area contributed by atoms with Gasteiger partial charge in [0.25, 0.3) is 0 Å². The van der Waals surface area contributed by atoms with E-state index in [9.17, 15) is 9.59 Å². The Morgan fingerprint density at radius 1 is 0.450 bits per heavy atom. The molecule has 0 rings (SSSR count). The third-order valence-corrected chi connectivity index (χ3v) is 7.95. The molecule has 0 spiro atoms. The summed E-state index contributed by atoms with van der Waals surface area (Å²) in [7, 11) is 9.61. The maximum Gasteiger partial charge on any atom is 0.330 e. The van der Waals surface area contributed by atoms with Gasteiger partial charge in [0.05, 0.1) is 54.5 Å². The maximum absolute atomic E-state index is 11.0. The van der Waals surface area contributed by atoms with Gasteiger partial charge in [0, 0.05) is 12.2 Å². The number of unbranched alkanes of at least 4 members (excludes halogenated alkanes) is 16. The van der Waals surface area contributed by atoms with Gasteiger partial charge in [-0.2, -0.15) is 0 Å². The van der Waals surface area contributed by atoms with Crippen molar-refractivity contribution in [2.75, 3.05) is 67.6 Å². The molecule has 0 unspecified atom stereocenters. The van der Waals surface area contributed by atoms with E-state index in [0.717, 1.165) is 34.6 Å². The normalized spacial score (nSPS) is 11.8. The Bertz CT molecular complexity index is 604. The van der Waals surface area contributed by atoms with Crippen LogP contribution in [0.15, 0.2) is 25.3 Å². The first-order valence-electron chi connectivity index (χ1n) is 16.3. The molecule has 40 heavy (non-hydrogen) atoms. The fraction of sp³-hybridized carbons (Fsp3) is 0.824. The maximum atomic E-state index is 11.0. The number of likely N-dealkylation sites (N-methyl/N-ethyl adjacent to an activating group) is 2. The monoisotopic (exact) mass is 567 g/mol. The zero-order chi connectivity index (χ0) is 30.0. The van der Waals surface area contributed by atoms with Crippen molar-refractivity contribution in [2.45, 2.75) is 116 Å². The van der Waals surface area contributed by atoms with Gasteiger partial charge in [-0.25, -0.2) is 9.59 Å². The molecular weight excluding hydrogens is 500 g/mol. The smallest absolute Gasteiger partial charge is 0.330 e. The molecule has 0 bridgehead atoms. The third-order valence-electron chi connectivity index (χ3n) is 7.95. The summed E-state index contributed by atoms with van der Waals surface area (Å²) in [6.07, 6.45) is 25.1. The van der Waals surface area contributed by atoms with Crippen LogP contribution in [0.2, 0.25) is 0 Å². The van der Waals surface area contributed by atoms with Gasteiger partial charge in [-0.05, 0) is 38.5 Å². The highest BCUT2D eigenvalue weighted by Crippen LogP contribution is 2.14. The average Bonchev–Trinajstić information content (AvgIpc) is 2.92. The highest BCUT2D eigenvalue weighted by atomic mass is 16.5.